The number of hydrogen-bond donors (Lipinski definition) is 0. The van der Waals surface area contributed by atoms with Gasteiger partial charge in [0, 0.05) is 11.3 Å². The van der Waals surface area contributed by atoms with E-state index >= 15 is 0 Å². The zero-order chi connectivity index (χ0) is 12.8. The minimum atomic E-state index is 0.607. The number of alkyl halides is 1. The molecule has 1 heterocycles. The lowest BCUT2D eigenvalue weighted by Gasteiger charge is -2.11. The highest BCUT2D eigenvalue weighted by molar-refractivity contribution is 6.17. The van der Waals surface area contributed by atoms with E-state index in [4.69, 9.17) is 16.3 Å². The number of rotatable bonds is 6. The Balaban J connectivity index is 1.91. The third kappa shape index (κ3) is 3.61. The molecule has 0 amide bonds. The maximum Gasteiger partial charge on any atom is 0.138 e. The van der Waals surface area contributed by atoms with Crippen molar-refractivity contribution >= 4 is 22.5 Å². The summed E-state index contributed by atoms with van der Waals surface area (Å²) in [5.74, 6) is 2.17. The first-order chi connectivity index (χ1) is 8.79. The lowest BCUT2D eigenvalue weighted by molar-refractivity contribution is 0.281. The summed E-state index contributed by atoms with van der Waals surface area (Å²) in [5.41, 5.74) is 1.00. The average Bonchev–Trinajstić information content (AvgIpc) is 2.39. The molecule has 1 aromatic carbocycles. The summed E-state index contributed by atoms with van der Waals surface area (Å²) in [6.07, 6.45) is 3.86. The van der Waals surface area contributed by atoms with Crippen LogP contribution < -0.4 is 4.74 Å². The van der Waals surface area contributed by atoms with Gasteiger partial charge in [-0.15, -0.1) is 11.6 Å². The van der Waals surface area contributed by atoms with Gasteiger partial charge in [-0.2, -0.15) is 0 Å². The second kappa shape index (κ2) is 6.60. The molecule has 3 heteroatoms. The first-order valence-corrected chi connectivity index (χ1v) is 6.86. The van der Waals surface area contributed by atoms with E-state index in [0.29, 0.717) is 5.92 Å². The van der Waals surface area contributed by atoms with E-state index in [0.717, 1.165) is 42.0 Å². The highest BCUT2D eigenvalue weighted by Gasteiger charge is 2.02. The summed E-state index contributed by atoms with van der Waals surface area (Å²) in [7, 11) is 0. The molecule has 0 aliphatic carbocycles. The van der Waals surface area contributed by atoms with Crippen LogP contribution in [0.3, 0.4) is 0 Å². The second-order valence-corrected chi connectivity index (χ2v) is 4.96. The van der Waals surface area contributed by atoms with Crippen molar-refractivity contribution in [1.82, 2.24) is 4.98 Å². The molecular weight excluding hydrogens is 246 g/mol. The molecule has 0 aliphatic rings. The molecule has 2 aromatic rings. The van der Waals surface area contributed by atoms with Gasteiger partial charge in [-0.1, -0.05) is 25.1 Å². The quantitative estimate of drug-likeness (QED) is 0.726. The van der Waals surface area contributed by atoms with Crippen LogP contribution in [0.5, 0.6) is 5.75 Å². The smallest absolute Gasteiger partial charge is 0.138 e. The number of aromatic nitrogens is 1. The monoisotopic (exact) mass is 263 g/mol. The molecule has 96 valence electrons. The topological polar surface area (TPSA) is 22.1 Å². The lowest BCUT2D eigenvalue weighted by Crippen LogP contribution is -2.04. The standard InChI is InChI=1S/C15H18ClNO/c1-12(6-8-16)7-9-18-14-10-13-4-2-3-5-15(13)17-11-14/h2-5,10-12H,6-9H2,1H3. The number of fused-ring (bicyclic) bond motifs is 1. The number of hydrogen-bond acceptors (Lipinski definition) is 2. The molecule has 0 fully saturated rings. The predicted molar refractivity (Wildman–Crippen MR) is 76.4 cm³/mol. The number of para-hydroxylation sites is 1. The molecule has 0 radical (unpaired) electrons. The van der Waals surface area contributed by atoms with Crippen LogP contribution in [0.2, 0.25) is 0 Å². The van der Waals surface area contributed by atoms with E-state index in [1.807, 2.05) is 30.3 Å². The van der Waals surface area contributed by atoms with Gasteiger partial charge in [0.25, 0.3) is 0 Å². The summed E-state index contributed by atoms with van der Waals surface area (Å²) in [6, 6.07) is 10.1. The largest absolute Gasteiger partial charge is 0.492 e. The fraction of sp³-hybridized carbons (Fsp3) is 0.400. The van der Waals surface area contributed by atoms with E-state index in [-0.39, 0.29) is 0 Å². The van der Waals surface area contributed by atoms with E-state index in [1.165, 1.54) is 0 Å². The van der Waals surface area contributed by atoms with Gasteiger partial charge in [0.2, 0.25) is 0 Å². The minimum absolute atomic E-state index is 0.607. The van der Waals surface area contributed by atoms with Crippen molar-refractivity contribution in [3.8, 4) is 5.75 Å². The third-order valence-corrected chi connectivity index (χ3v) is 3.26. The van der Waals surface area contributed by atoms with Crippen LogP contribution in [-0.2, 0) is 0 Å². The average molecular weight is 264 g/mol. The van der Waals surface area contributed by atoms with E-state index in [1.54, 1.807) is 6.20 Å². The highest BCUT2D eigenvalue weighted by atomic mass is 35.5. The van der Waals surface area contributed by atoms with Crippen molar-refractivity contribution in [2.75, 3.05) is 12.5 Å². The van der Waals surface area contributed by atoms with Crippen LogP contribution in [0.4, 0.5) is 0 Å². The number of pyridine rings is 1. The van der Waals surface area contributed by atoms with Gasteiger partial charge in [0.1, 0.15) is 5.75 Å². The third-order valence-electron chi connectivity index (χ3n) is 3.05. The summed E-state index contributed by atoms with van der Waals surface area (Å²) < 4.78 is 5.73. The van der Waals surface area contributed by atoms with Gasteiger partial charge >= 0.3 is 0 Å². The van der Waals surface area contributed by atoms with Crippen molar-refractivity contribution in [3.05, 3.63) is 36.5 Å². The Hall–Kier alpha value is -1.28. The van der Waals surface area contributed by atoms with Crippen LogP contribution in [0.1, 0.15) is 19.8 Å². The zero-order valence-electron chi connectivity index (χ0n) is 10.6. The number of nitrogens with zero attached hydrogens (tertiary/aromatic N) is 1. The Morgan fingerprint density at radius 2 is 2.11 bits per heavy atom. The van der Waals surface area contributed by atoms with Crippen LogP contribution in [0.25, 0.3) is 10.9 Å². The molecule has 1 aromatic heterocycles. The number of benzene rings is 1. The van der Waals surface area contributed by atoms with Crippen LogP contribution in [0, 0.1) is 5.92 Å². The molecule has 2 rings (SSSR count). The number of ether oxygens (including phenoxy) is 1. The van der Waals surface area contributed by atoms with E-state index in [2.05, 4.69) is 11.9 Å². The van der Waals surface area contributed by atoms with Gasteiger partial charge in [-0.3, -0.25) is 4.98 Å². The Kier molecular flexibility index (Phi) is 4.82. The van der Waals surface area contributed by atoms with Crippen LogP contribution in [0.15, 0.2) is 36.5 Å². The molecule has 1 unspecified atom stereocenters. The fourth-order valence-electron chi connectivity index (χ4n) is 1.84. The second-order valence-electron chi connectivity index (χ2n) is 4.58. The van der Waals surface area contributed by atoms with E-state index < -0.39 is 0 Å². The zero-order valence-corrected chi connectivity index (χ0v) is 11.4. The Labute approximate surface area is 113 Å². The molecule has 18 heavy (non-hydrogen) atoms. The van der Waals surface area contributed by atoms with Crippen LogP contribution in [-0.4, -0.2) is 17.5 Å². The molecule has 0 aliphatic heterocycles. The maximum absolute atomic E-state index is 5.73. The molecular formula is C15H18ClNO. The molecule has 0 bridgehead atoms. The fourth-order valence-corrected chi connectivity index (χ4v) is 2.21. The van der Waals surface area contributed by atoms with Gasteiger partial charge in [-0.05, 0) is 30.9 Å². The maximum atomic E-state index is 5.73. The Bertz CT molecular complexity index is 501. The Morgan fingerprint density at radius 3 is 2.94 bits per heavy atom. The van der Waals surface area contributed by atoms with Crippen molar-refractivity contribution in [2.24, 2.45) is 5.92 Å². The van der Waals surface area contributed by atoms with Crippen molar-refractivity contribution in [2.45, 2.75) is 19.8 Å². The van der Waals surface area contributed by atoms with Crippen molar-refractivity contribution < 1.29 is 4.74 Å². The Morgan fingerprint density at radius 1 is 1.28 bits per heavy atom. The van der Waals surface area contributed by atoms with Crippen molar-refractivity contribution in [3.63, 3.8) is 0 Å². The summed E-state index contributed by atoms with van der Waals surface area (Å²) >= 11 is 5.71. The van der Waals surface area contributed by atoms with Gasteiger partial charge in [-0.25, -0.2) is 0 Å². The summed E-state index contributed by atoms with van der Waals surface area (Å²) in [4.78, 5) is 4.37. The molecule has 0 saturated carbocycles. The SMILES string of the molecule is CC(CCCl)CCOc1cnc2ccccc2c1. The molecule has 0 spiro atoms. The van der Waals surface area contributed by atoms with Crippen LogP contribution >= 0.6 is 11.6 Å². The summed E-state index contributed by atoms with van der Waals surface area (Å²) in [6.45, 7) is 2.92. The molecule has 2 nitrogen and oxygen atoms in total. The predicted octanol–water partition coefficient (Wildman–Crippen LogP) is 4.27. The van der Waals surface area contributed by atoms with Gasteiger partial charge < -0.3 is 4.74 Å². The first-order valence-electron chi connectivity index (χ1n) is 6.33. The van der Waals surface area contributed by atoms with Gasteiger partial charge in [0.15, 0.2) is 0 Å². The number of halogens is 1. The molecule has 1 atom stereocenters. The summed E-state index contributed by atoms with van der Waals surface area (Å²) in [5, 5.41) is 1.11. The first kappa shape index (κ1) is 13.2. The minimum Gasteiger partial charge on any atom is -0.492 e. The van der Waals surface area contributed by atoms with Gasteiger partial charge in [0.05, 0.1) is 18.3 Å². The molecule has 0 saturated heterocycles. The highest BCUT2D eigenvalue weighted by Crippen LogP contribution is 2.18. The molecule has 0 N–H and O–H groups in total. The van der Waals surface area contributed by atoms with Crippen molar-refractivity contribution in [1.29, 1.82) is 0 Å². The normalized spacial score (nSPS) is 12.6. The van der Waals surface area contributed by atoms with E-state index in [9.17, 15) is 0 Å². The lowest BCUT2D eigenvalue weighted by atomic mass is 10.1.